The number of nitrogens with zero attached hydrogens (tertiary/aromatic N) is 1. The summed E-state index contributed by atoms with van der Waals surface area (Å²) in [7, 11) is 1.38. The first kappa shape index (κ1) is 58.1. The highest BCUT2D eigenvalue weighted by molar-refractivity contribution is 7.45. The third kappa shape index (κ3) is 48.0. The fourth-order valence-corrected chi connectivity index (χ4v) is 8.14. The SMILES string of the molecule is CCCCCCCCCCCCCCCC/C=C\OC(COC(=O)CCCCCCCCCCCCCCCCCCCCCCC)COP(=O)([O-])OCC[N+](C)(C)C. The Labute approximate surface area is 367 Å². The molecule has 0 amide bonds. The van der Waals surface area contributed by atoms with Crippen LogP contribution in [0.1, 0.15) is 251 Å². The van der Waals surface area contributed by atoms with Gasteiger partial charge in [-0.1, -0.05) is 226 Å². The molecule has 0 aliphatic heterocycles. The van der Waals surface area contributed by atoms with Crippen LogP contribution in [0, 0.1) is 0 Å². The van der Waals surface area contributed by atoms with E-state index in [-0.39, 0.29) is 25.8 Å². The molecule has 0 aliphatic rings. The van der Waals surface area contributed by atoms with Crippen LogP contribution in [0.15, 0.2) is 12.3 Å². The van der Waals surface area contributed by atoms with Crippen molar-refractivity contribution in [2.45, 2.75) is 258 Å². The fourth-order valence-electron chi connectivity index (χ4n) is 7.42. The van der Waals surface area contributed by atoms with Gasteiger partial charge in [0.2, 0.25) is 0 Å². The van der Waals surface area contributed by atoms with Crippen molar-refractivity contribution in [3.05, 3.63) is 12.3 Å². The summed E-state index contributed by atoms with van der Waals surface area (Å²) in [5.41, 5.74) is 0. The lowest BCUT2D eigenvalue weighted by Gasteiger charge is -2.28. The number of hydrogen-bond donors (Lipinski definition) is 0. The molecule has 2 atom stereocenters. The summed E-state index contributed by atoms with van der Waals surface area (Å²) >= 11 is 0. The Morgan fingerprint density at radius 2 is 0.881 bits per heavy atom. The molecule has 0 fully saturated rings. The van der Waals surface area contributed by atoms with Gasteiger partial charge in [-0.15, -0.1) is 0 Å². The maximum absolute atomic E-state index is 12.5. The molecular weight excluding hydrogens is 758 g/mol. The van der Waals surface area contributed by atoms with Gasteiger partial charge in [0.05, 0.1) is 34.0 Å². The van der Waals surface area contributed by atoms with Crippen molar-refractivity contribution in [1.82, 2.24) is 0 Å². The van der Waals surface area contributed by atoms with Crippen LogP contribution in [0.2, 0.25) is 0 Å². The molecular formula is C50H100NO7P. The first-order valence-electron chi connectivity index (χ1n) is 25.5. The summed E-state index contributed by atoms with van der Waals surface area (Å²) in [5.74, 6) is -0.285. The summed E-state index contributed by atoms with van der Waals surface area (Å²) in [6.45, 7) is 4.77. The van der Waals surface area contributed by atoms with Gasteiger partial charge in [-0.2, -0.15) is 0 Å². The van der Waals surface area contributed by atoms with Crippen molar-refractivity contribution in [3.63, 3.8) is 0 Å². The van der Waals surface area contributed by atoms with E-state index in [1.807, 2.05) is 27.2 Å². The second-order valence-corrected chi connectivity index (χ2v) is 20.0. The van der Waals surface area contributed by atoms with E-state index >= 15 is 0 Å². The van der Waals surface area contributed by atoms with E-state index in [0.717, 1.165) is 32.1 Å². The number of esters is 1. The van der Waals surface area contributed by atoms with Crippen molar-refractivity contribution < 1.29 is 37.3 Å². The van der Waals surface area contributed by atoms with E-state index in [1.54, 1.807) is 6.26 Å². The minimum Gasteiger partial charge on any atom is -0.756 e. The van der Waals surface area contributed by atoms with Crippen molar-refractivity contribution in [1.29, 1.82) is 0 Å². The van der Waals surface area contributed by atoms with E-state index in [0.29, 0.717) is 17.4 Å². The van der Waals surface area contributed by atoms with Crippen LogP contribution < -0.4 is 4.89 Å². The summed E-state index contributed by atoms with van der Waals surface area (Å²) < 4.78 is 34.5. The number of carbonyl (C=O) groups is 1. The first-order chi connectivity index (χ1) is 28.6. The number of likely N-dealkylation sites (N-methyl/N-ethyl adjacent to an activating group) is 1. The second-order valence-electron chi connectivity index (χ2n) is 18.6. The Balaban J connectivity index is 4.11. The average molecular weight is 858 g/mol. The maximum atomic E-state index is 12.5. The molecule has 0 aromatic rings. The van der Waals surface area contributed by atoms with Gasteiger partial charge in [-0.25, -0.2) is 0 Å². The number of quaternary nitrogens is 1. The van der Waals surface area contributed by atoms with E-state index in [4.69, 9.17) is 18.5 Å². The zero-order chi connectivity index (χ0) is 43.4. The van der Waals surface area contributed by atoms with Crippen LogP contribution >= 0.6 is 7.82 Å². The van der Waals surface area contributed by atoms with Crippen LogP contribution in [0.25, 0.3) is 0 Å². The maximum Gasteiger partial charge on any atom is 0.305 e. The van der Waals surface area contributed by atoms with Crippen LogP contribution in [0.4, 0.5) is 0 Å². The predicted octanol–water partition coefficient (Wildman–Crippen LogP) is 15.1. The Morgan fingerprint density at radius 3 is 1.25 bits per heavy atom. The van der Waals surface area contributed by atoms with Gasteiger partial charge in [0.1, 0.15) is 19.8 Å². The average Bonchev–Trinajstić information content (AvgIpc) is 3.19. The van der Waals surface area contributed by atoms with Gasteiger partial charge in [0.15, 0.2) is 6.10 Å². The highest BCUT2D eigenvalue weighted by Crippen LogP contribution is 2.38. The van der Waals surface area contributed by atoms with Crippen LogP contribution in [0.3, 0.4) is 0 Å². The van der Waals surface area contributed by atoms with Gasteiger partial charge in [0, 0.05) is 6.42 Å². The third-order valence-electron chi connectivity index (χ3n) is 11.4. The highest BCUT2D eigenvalue weighted by atomic mass is 31.2. The van der Waals surface area contributed by atoms with Crippen LogP contribution in [-0.2, 0) is 27.9 Å². The predicted molar refractivity (Wildman–Crippen MR) is 250 cm³/mol. The number of phosphoric acid groups is 1. The molecule has 352 valence electrons. The molecule has 0 radical (unpaired) electrons. The lowest BCUT2D eigenvalue weighted by Crippen LogP contribution is -2.37. The molecule has 0 aromatic carbocycles. The Bertz CT molecular complexity index is 956. The quantitative estimate of drug-likeness (QED) is 0.0198. The standard InChI is InChI=1S/C50H100NO7P/c1-6-8-10-12-14-16-18-20-22-24-25-26-27-28-29-31-33-35-37-39-41-43-50(52)56-47-49(48-58-59(53,54)57-46-44-51(3,4)5)55-45-42-40-38-36-34-32-30-23-21-19-17-15-13-11-9-7-2/h42,45,49H,6-41,43-44,46-48H2,1-5H3/b45-42-. The molecule has 0 N–H and O–H groups in total. The fraction of sp³-hybridized carbons (Fsp3) is 0.940. The Hall–Kier alpha value is -0.920. The minimum atomic E-state index is -4.51. The normalized spacial score (nSPS) is 13.6. The molecule has 8 nitrogen and oxygen atoms in total. The Kier molecular flexibility index (Phi) is 43.0. The van der Waals surface area contributed by atoms with E-state index in [9.17, 15) is 14.3 Å². The first-order valence-corrected chi connectivity index (χ1v) is 26.9. The molecule has 0 aliphatic carbocycles. The van der Waals surface area contributed by atoms with Gasteiger partial charge < -0.3 is 27.9 Å². The number of carbonyl (C=O) groups excluding carboxylic acids is 1. The van der Waals surface area contributed by atoms with Crippen molar-refractivity contribution in [2.24, 2.45) is 0 Å². The van der Waals surface area contributed by atoms with Crippen LogP contribution in [-0.4, -0.2) is 64.1 Å². The van der Waals surface area contributed by atoms with Gasteiger partial charge >= 0.3 is 5.97 Å². The summed E-state index contributed by atoms with van der Waals surface area (Å²) in [4.78, 5) is 24.9. The zero-order valence-corrected chi connectivity index (χ0v) is 40.9. The second kappa shape index (κ2) is 43.7. The molecule has 0 aromatic heterocycles. The lowest BCUT2D eigenvalue weighted by atomic mass is 10.0. The molecule has 0 bridgehead atoms. The van der Waals surface area contributed by atoms with Gasteiger partial charge in [-0.05, 0) is 25.3 Å². The molecule has 0 heterocycles. The summed E-state index contributed by atoms with van der Waals surface area (Å²) in [5, 5.41) is 0. The van der Waals surface area contributed by atoms with E-state index < -0.39 is 13.9 Å². The molecule has 0 saturated heterocycles. The monoisotopic (exact) mass is 858 g/mol. The molecule has 0 saturated carbocycles. The molecule has 59 heavy (non-hydrogen) atoms. The van der Waals surface area contributed by atoms with Crippen LogP contribution in [0.5, 0.6) is 0 Å². The number of hydrogen-bond acceptors (Lipinski definition) is 7. The number of phosphoric ester groups is 1. The van der Waals surface area contributed by atoms with Crippen molar-refractivity contribution >= 4 is 13.8 Å². The number of unbranched alkanes of at least 4 members (excludes halogenated alkanes) is 34. The number of ether oxygens (including phenoxy) is 2. The summed E-state index contributed by atoms with van der Waals surface area (Å²) in [6, 6.07) is 0. The topological polar surface area (TPSA) is 94.1 Å². The number of rotatable bonds is 48. The summed E-state index contributed by atoms with van der Waals surface area (Å²) in [6.07, 6.45) is 50.5. The number of allylic oxidation sites excluding steroid dienone is 1. The highest BCUT2D eigenvalue weighted by Gasteiger charge is 2.19. The molecule has 9 heteroatoms. The lowest BCUT2D eigenvalue weighted by molar-refractivity contribution is -0.870. The van der Waals surface area contributed by atoms with Crippen molar-refractivity contribution in [3.8, 4) is 0 Å². The smallest absolute Gasteiger partial charge is 0.305 e. The molecule has 2 unspecified atom stereocenters. The largest absolute Gasteiger partial charge is 0.756 e. The van der Waals surface area contributed by atoms with E-state index in [2.05, 4.69) is 13.8 Å². The molecule has 0 spiro atoms. The van der Waals surface area contributed by atoms with Gasteiger partial charge in [0.25, 0.3) is 7.82 Å². The zero-order valence-electron chi connectivity index (χ0n) is 40.0. The Morgan fingerprint density at radius 1 is 0.525 bits per heavy atom. The minimum absolute atomic E-state index is 0.0311. The van der Waals surface area contributed by atoms with Gasteiger partial charge in [-0.3, -0.25) is 9.36 Å². The van der Waals surface area contributed by atoms with E-state index in [1.165, 1.54) is 199 Å². The third-order valence-corrected chi connectivity index (χ3v) is 12.4. The molecule has 0 rings (SSSR count). The van der Waals surface area contributed by atoms with Crippen molar-refractivity contribution in [2.75, 3.05) is 47.5 Å².